The molecule has 0 bridgehead atoms. The van der Waals surface area contributed by atoms with Gasteiger partial charge in [-0.1, -0.05) is 24.4 Å². The Morgan fingerprint density at radius 1 is 1.35 bits per heavy atom. The van der Waals surface area contributed by atoms with Gasteiger partial charge in [-0.3, -0.25) is 0 Å². The maximum atomic E-state index is 4.54. The summed E-state index contributed by atoms with van der Waals surface area (Å²) in [5.74, 6) is 0. The molecule has 2 rings (SSSR count). The topological polar surface area (TPSA) is 53.3 Å². The van der Waals surface area contributed by atoms with Crippen LogP contribution in [0.15, 0.2) is 24.3 Å². The van der Waals surface area contributed by atoms with E-state index in [-0.39, 0.29) is 0 Å². The number of rotatable bonds is 2. The van der Waals surface area contributed by atoms with Crippen molar-refractivity contribution in [2.75, 3.05) is 43.4 Å². The van der Waals surface area contributed by atoms with Crippen LogP contribution >= 0.6 is 12.2 Å². The zero-order chi connectivity index (χ0) is 12.5. The van der Waals surface area contributed by atoms with E-state index in [4.69, 9.17) is 0 Å². The van der Waals surface area contributed by atoms with Crippen molar-refractivity contribution < 1.29 is 0 Å². The molecule has 0 radical (unpaired) electrons. The highest BCUT2D eigenvalue weighted by Crippen LogP contribution is 2.24. The molecule has 1 saturated heterocycles. The lowest BCUT2D eigenvalue weighted by Gasteiger charge is -2.30. The third-order valence-corrected chi connectivity index (χ3v) is 2.63. The summed E-state index contributed by atoms with van der Waals surface area (Å²) in [7, 11) is 1.97. The van der Waals surface area contributed by atoms with E-state index in [9.17, 15) is 0 Å². The maximum Gasteiger partial charge on any atom is 0.0602 e. The first-order valence-corrected chi connectivity index (χ1v) is 6.18. The van der Waals surface area contributed by atoms with Crippen LogP contribution in [0.2, 0.25) is 0 Å². The van der Waals surface area contributed by atoms with Gasteiger partial charge in [0.25, 0.3) is 0 Å². The maximum absolute atomic E-state index is 4.54. The second kappa shape index (κ2) is 7.86. The van der Waals surface area contributed by atoms with Crippen molar-refractivity contribution in [3.8, 4) is 0 Å². The molecule has 0 spiro atoms. The van der Waals surface area contributed by atoms with Gasteiger partial charge in [-0.15, -0.1) is 0 Å². The summed E-state index contributed by atoms with van der Waals surface area (Å²) in [6.45, 7) is 4.35. The van der Waals surface area contributed by atoms with Crippen molar-refractivity contribution in [3.63, 3.8) is 0 Å². The van der Waals surface area contributed by atoms with Crippen LogP contribution in [0.1, 0.15) is 0 Å². The number of anilines is 2. The molecule has 1 aromatic rings. The Hall–Kier alpha value is -1.33. The van der Waals surface area contributed by atoms with E-state index in [1.54, 1.807) is 0 Å². The van der Waals surface area contributed by atoms with Crippen molar-refractivity contribution >= 4 is 29.1 Å². The largest absolute Gasteiger partial charge is 0.396 e. The molecule has 0 saturated carbocycles. The highest BCUT2D eigenvalue weighted by atomic mass is 32.1. The summed E-state index contributed by atoms with van der Waals surface area (Å²) >= 11 is 4.05. The van der Waals surface area contributed by atoms with Gasteiger partial charge < -0.3 is 21.3 Å². The van der Waals surface area contributed by atoms with E-state index in [0.717, 1.165) is 31.7 Å². The Morgan fingerprint density at radius 3 is 2.53 bits per heavy atom. The molecule has 0 unspecified atom stereocenters. The third kappa shape index (κ3) is 4.20. The van der Waals surface area contributed by atoms with Gasteiger partial charge in [0, 0.05) is 33.2 Å². The number of nitrogens with two attached hydrogens (primary N) is 1. The Morgan fingerprint density at radius 2 is 1.94 bits per heavy atom. The van der Waals surface area contributed by atoms with Crippen LogP contribution in [0, 0.1) is 0 Å². The summed E-state index contributed by atoms with van der Waals surface area (Å²) in [6.07, 6.45) is 0. The summed E-state index contributed by atoms with van der Waals surface area (Å²) < 4.78 is 0. The van der Waals surface area contributed by atoms with Gasteiger partial charge in [-0.05, 0) is 12.1 Å². The third-order valence-electron chi connectivity index (χ3n) is 2.63. The highest BCUT2D eigenvalue weighted by Gasteiger charge is 2.12. The Labute approximate surface area is 108 Å². The smallest absolute Gasteiger partial charge is 0.0602 e. The number of nitrogens with zero attached hydrogens (tertiary/aromatic N) is 1. The molecule has 1 aromatic carbocycles. The minimum absolute atomic E-state index is 1.08. The summed E-state index contributed by atoms with van der Waals surface area (Å²) in [5.41, 5.74) is 8.15. The van der Waals surface area contributed by atoms with Crippen LogP contribution < -0.4 is 21.3 Å². The highest BCUT2D eigenvalue weighted by molar-refractivity contribution is 7.78. The molecule has 0 aromatic heterocycles. The van der Waals surface area contributed by atoms with Crippen molar-refractivity contribution in [2.24, 2.45) is 5.73 Å². The molecule has 1 aliphatic heterocycles. The van der Waals surface area contributed by atoms with Gasteiger partial charge in [0.2, 0.25) is 0 Å². The monoisotopic (exact) mass is 252 g/mol. The molecule has 0 amide bonds. The predicted molar refractivity (Wildman–Crippen MR) is 78.9 cm³/mol. The van der Waals surface area contributed by atoms with Gasteiger partial charge in [-0.25, -0.2) is 0 Å². The van der Waals surface area contributed by atoms with E-state index in [2.05, 4.69) is 57.8 Å². The Kier molecular flexibility index (Phi) is 6.35. The number of hydrogen-bond acceptors (Lipinski definition) is 4. The van der Waals surface area contributed by atoms with Crippen LogP contribution in [-0.2, 0) is 0 Å². The van der Waals surface area contributed by atoms with E-state index >= 15 is 0 Å². The minimum atomic E-state index is 1.08. The average Bonchev–Trinajstić information content (AvgIpc) is 2.40. The quantitative estimate of drug-likeness (QED) is 0.687. The summed E-state index contributed by atoms with van der Waals surface area (Å²) in [5, 5.41) is 6.59. The molecule has 5 heteroatoms. The minimum Gasteiger partial charge on any atom is -0.396 e. The molecule has 1 aliphatic rings. The van der Waals surface area contributed by atoms with E-state index in [0.29, 0.717) is 0 Å². The lowest BCUT2D eigenvalue weighted by atomic mass is 10.2. The van der Waals surface area contributed by atoms with Crippen LogP contribution in [0.4, 0.5) is 11.4 Å². The predicted octanol–water partition coefficient (Wildman–Crippen LogP) is 1.04. The zero-order valence-electron chi connectivity index (χ0n) is 10.1. The fourth-order valence-electron chi connectivity index (χ4n) is 1.87. The summed E-state index contributed by atoms with van der Waals surface area (Å²) in [4.78, 5) is 2.42. The number of para-hydroxylation sites is 2. The lowest BCUT2D eigenvalue weighted by molar-refractivity contribution is 0.589. The van der Waals surface area contributed by atoms with E-state index < -0.39 is 0 Å². The van der Waals surface area contributed by atoms with Crippen molar-refractivity contribution in [3.05, 3.63) is 24.3 Å². The number of hydrogen-bond donors (Lipinski definition) is 3. The standard InChI is InChI=1S/C11H17N3.CH3NS/c1-12-10-4-2-3-5-11(10)14-8-6-13-7-9-14;2-1-3/h2-5,12-13H,6-9H2,1H3;1H,(H2,2,3). The first-order chi connectivity index (χ1) is 8.33. The number of thiocarbonyl (C=S) groups is 1. The van der Waals surface area contributed by atoms with Gasteiger partial charge >= 0.3 is 0 Å². The molecular formula is C12H20N4S. The van der Waals surface area contributed by atoms with Crippen LogP contribution in [-0.4, -0.2) is 38.7 Å². The van der Waals surface area contributed by atoms with E-state index in [1.165, 1.54) is 11.4 Å². The van der Waals surface area contributed by atoms with Gasteiger partial charge in [-0.2, -0.15) is 0 Å². The lowest BCUT2D eigenvalue weighted by Crippen LogP contribution is -2.43. The molecule has 0 aliphatic carbocycles. The van der Waals surface area contributed by atoms with Crippen molar-refractivity contribution in [1.29, 1.82) is 0 Å². The fraction of sp³-hybridized carbons (Fsp3) is 0.417. The fourth-order valence-corrected chi connectivity index (χ4v) is 1.87. The molecule has 0 atom stereocenters. The normalized spacial score (nSPS) is 14.5. The van der Waals surface area contributed by atoms with Crippen LogP contribution in [0.5, 0.6) is 0 Å². The van der Waals surface area contributed by atoms with Crippen LogP contribution in [0.25, 0.3) is 0 Å². The van der Waals surface area contributed by atoms with Gasteiger partial charge in [0.15, 0.2) is 0 Å². The van der Waals surface area contributed by atoms with Crippen molar-refractivity contribution in [1.82, 2.24) is 5.32 Å². The van der Waals surface area contributed by atoms with Crippen molar-refractivity contribution in [2.45, 2.75) is 0 Å². The van der Waals surface area contributed by atoms with E-state index in [1.807, 2.05) is 7.05 Å². The SMILES string of the molecule is CNc1ccccc1N1CCNCC1.NC=S. The average molecular weight is 252 g/mol. The zero-order valence-corrected chi connectivity index (χ0v) is 11.0. The number of benzene rings is 1. The summed E-state index contributed by atoms with van der Waals surface area (Å²) in [6, 6.07) is 8.46. The molecular weight excluding hydrogens is 232 g/mol. The molecule has 1 fully saturated rings. The molecule has 94 valence electrons. The second-order valence-corrected chi connectivity index (χ2v) is 3.91. The number of nitrogens with one attached hydrogen (secondary N) is 2. The van der Waals surface area contributed by atoms with Gasteiger partial charge in [0.1, 0.15) is 0 Å². The second-order valence-electron chi connectivity index (χ2n) is 3.64. The number of piperazine rings is 1. The first-order valence-electron chi connectivity index (χ1n) is 5.71. The molecule has 4 nitrogen and oxygen atoms in total. The Balaban J connectivity index is 0.000000437. The van der Waals surface area contributed by atoms with Crippen LogP contribution in [0.3, 0.4) is 0 Å². The molecule has 4 N–H and O–H groups in total. The molecule has 1 heterocycles. The first kappa shape index (κ1) is 13.7. The molecule has 17 heavy (non-hydrogen) atoms. The Bertz CT molecular complexity index is 337. The van der Waals surface area contributed by atoms with Gasteiger partial charge in [0.05, 0.1) is 16.9 Å².